The average molecular weight is 92.1 g/mol. The van der Waals surface area contributed by atoms with Crippen molar-refractivity contribution in [1.82, 2.24) is 4.98 Å². The summed E-state index contributed by atoms with van der Waals surface area (Å²) in [7, 11) is 0. The number of pyridine rings is 1. The van der Waals surface area contributed by atoms with Crippen LogP contribution in [0.4, 0.5) is 0 Å². The second-order valence-electron chi connectivity index (χ2n) is 1.32. The topological polar surface area (TPSA) is 12.9 Å². The van der Waals surface area contributed by atoms with E-state index in [1.165, 1.54) is 0 Å². The van der Waals surface area contributed by atoms with Crippen molar-refractivity contribution in [3.8, 4) is 0 Å². The molecule has 0 aliphatic heterocycles. The maximum atomic E-state index is 3.87. The third-order valence-electron chi connectivity index (χ3n) is 0.726. The highest BCUT2D eigenvalue weighted by atomic mass is 14.6. The van der Waals surface area contributed by atoms with Gasteiger partial charge in [-0.15, -0.1) is 0 Å². The van der Waals surface area contributed by atoms with E-state index >= 15 is 0 Å². The molecule has 0 N–H and O–H groups in total. The Morgan fingerprint density at radius 2 is 2.29 bits per heavy atom. The van der Waals surface area contributed by atoms with Crippen LogP contribution in [0, 0.1) is 6.92 Å². The van der Waals surface area contributed by atoms with Crippen molar-refractivity contribution in [2.24, 2.45) is 0 Å². The van der Waals surface area contributed by atoms with Gasteiger partial charge >= 0.3 is 0 Å². The van der Waals surface area contributed by atoms with Crippen LogP contribution in [0.15, 0.2) is 24.4 Å². The zero-order chi connectivity index (χ0) is 5.11. The van der Waals surface area contributed by atoms with Gasteiger partial charge < -0.3 is 0 Å². The van der Waals surface area contributed by atoms with Crippen LogP contribution in [0.3, 0.4) is 0 Å². The summed E-state index contributed by atoms with van der Waals surface area (Å²) in [5.41, 5.74) is 0.822. The number of hydrogen-bond acceptors (Lipinski definition) is 1. The number of rotatable bonds is 0. The first-order valence-electron chi connectivity index (χ1n) is 2.12. The Kier molecular flexibility index (Phi) is 0.984. The van der Waals surface area contributed by atoms with E-state index in [0.29, 0.717) is 0 Å². The maximum absolute atomic E-state index is 3.87. The van der Waals surface area contributed by atoms with E-state index in [2.05, 4.69) is 11.9 Å². The van der Waals surface area contributed by atoms with Crippen LogP contribution in [-0.2, 0) is 0 Å². The first-order valence-corrected chi connectivity index (χ1v) is 2.12. The van der Waals surface area contributed by atoms with E-state index < -0.39 is 0 Å². The van der Waals surface area contributed by atoms with E-state index in [1.807, 2.05) is 18.2 Å². The lowest BCUT2D eigenvalue weighted by atomic mass is 10.4. The molecule has 0 unspecified atom stereocenters. The summed E-state index contributed by atoms with van der Waals surface area (Å²) in [5, 5.41) is 0. The molecule has 0 saturated carbocycles. The Hall–Kier alpha value is -0.980. The molecular weight excluding hydrogens is 86.1 g/mol. The Labute approximate surface area is 43.0 Å². The molecule has 0 bridgehead atoms. The average Bonchev–Trinajstić information content (AvgIpc) is 1.69. The summed E-state index contributed by atoms with van der Waals surface area (Å²) in [6, 6.07) is 5.64. The molecule has 1 aromatic rings. The van der Waals surface area contributed by atoms with Gasteiger partial charge in [-0.2, -0.15) is 0 Å². The van der Waals surface area contributed by atoms with Gasteiger partial charge in [0.05, 0.1) is 13.0 Å². The highest BCUT2D eigenvalue weighted by molar-refractivity contribution is 5.05. The minimum Gasteiger partial charge on any atom is -0.217 e. The summed E-state index contributed by atoms with van der Waals surface area (Å²) in [4.78, 5) is 3.87. The SMILES string of the molecule is [CH2+]c1ccccn1. The molecule has 0 amide bonds. The minimum absolute atomic E-state index is 0.822. The van der Waals surface area contributed by atoms with Crippen LogP contribution in [0.5, 0.6) is 0 Å². The third-order valence-corrected chi connectivity index (χ3v) is 0.726. The normalized spacial score (nSPS) is 8.57. The van der Waals surface area contributed by atoms with E-state index in [-0.39, 0.29) is 0 Å². The Bertz CT molecular complexity index is 134. The summed E-state index contributed by atoms with van der Waals surface area (Å²) >= 11 is 0. The van der Waals surface area contributed by atoms with Gasteiger partial charge in [0.15, 0.2) is 0 Å². The standard InChI is InChI=1S/C6H6N/c1-6-4-2-3-5-7-6/h2-5H,1H2/q+1. The van der Waals surface area contributed by atoms with Gasteiger partial charge in [0, 0.05) is 12.3 Å². The fourth-order valence-electron chi connectivity index (χ4n) is 0.398. The third kappa shape index (κ3) is 0.929. The van der Waals surface area contributed by atoms with Crippen molar-refractivity contribution in [2.45, 2.75) is 0 Å². The van der Waals surface area contributed by atoms with Crippen LogP contribution >= 0.6 is 0 Å². The summed E-state index contributed by atoms with van der Waals surface area (Å²) in [6.07, 6.45) is 1.72. The van der Waals surface area contributed by atoms with Crippen molar-refractivity contribution in [3.05, 3.63) is 37.0 Å². The fraction of sp³-hybridized carbons (Fsp3) is 0. The van der Waals surface area contributed by atoms with Crippen LogP contribution < -0.4 is 0 Å². The van der Waals surface area contributed by atoms with Crippen molar-refractivity contribution in [1.29, 1.82) is 0 Å². The first kappa shape index (κ1) is 4.19. The van der Waals surface area contributed by atoms with E-state index in [1.54, 1.807) is 6.20 Å². The highest BCUT2D eigenvalue weighted by Crippen LogP contribution is 1.85. The van der Waals surface area contributed by atoms with E-state index in [0.717, 1.165) is 5.69 Å². The monoisotopic (exact) mass is 92.0 g/mol. The van der Waals surface area contributed by atoms with Gasteiger partial charge in [-0.3, -0.25) is 0 Å². The van der Waals surface area contributed by atoms with Crippen molar-refractivity contribution >= 4 is 0 Å². The highest BCUT2D eigenvalue weighted by Gasteiger charge is 1.84. The molecule has 1 heteroatoms. The van der Waals surface area contributed by atoms with E-state index in [4.69, 9.17) is 0 Å². The summed E-state index contributed by atoms with van der Waals surface area (Å²) in [6.45, 7) is 3.61. The van der Waals surface area contributed by atoms with Crippen LogP contribution in [-0.4, -0.2) is 4.98 Å². The Balaban J connectivity index is 3.02. The van der Waals surface area contributed by atoms with Gasteiger partial charge in [0.25, 0.3) is 0 Å². The zero-order valence-corrected chi connectivity index (χ0v) is 3.96. The fourth-order valence-corrected chi connectivity index (χ4v) is 0.398. The predicted molar refractivity (Wildman–Crippen MR) is 28.7 cm³/mol. The van der Waals surface area contributed by atoms with Crippen LogP contribution in [0.25, 0.3) is 0 Å². The summed E-state index contributed by atoms with van der Waals surface area (Å²) in [5.74, 6) is 0. The molecule has 0 radical (unpaired) electrons. The van der Waals surface area contributed by atoms with E-state index in [9.17, 15) is 0 Å². The minimum atomic E-state index is 0.822. The Morgan fingerprint density at radius 1 is 1.43 bits per heavy atom. The lowest BCUT2D eigenvalue weighted by Gasteiger charge is -1.73. The van der Waals surface area contributed by atoms with Crippen LogP contribution in [0.2, 0.25) is 0 Å². The number of nitrogens with zero attached hydrogens (tertiary/aromatic N) is 1. The molecule has 0 atom stereocenters. The quantitative estimate of drug-likeness (QED) is 0.439. The van der Waals surface area contributed by atoms with Gasteiger partial charge in [0.1, 0.15) is 0 Å². The molecule has 1 nitrogen and oxygen atoms in total. The van der Waals surface area contributed by atoms with Crippen molar-refractivity contribution in [2.75, 3.05) is 0 Å². The first-order chi connectivity index (χ1) is 3.39. The second kappa shape index (κ2) is 1.65. The molecule has 1 aromatic heterocycles. The lowest BCUT2D eigenvalue weighted by Crippen LogP contribution is -1.72. The number of hydrogen-bond donors (Lipinski definition) is 0. The molecule has 0 aliphatic rings. The molecule has 7 heavy (non-hydrogen) atoms. The van der Waals surface area contributed by atoms with Crippen molar-refractivity contribution in [3.63, 3.8) is 0 Å². The molecular formula is C6H6N+. The second-order valence-corrected chi connectivity index (χ2v) is 1.32. The predicted octanol–water partition coefficient (Wildman–Crippen LogP) is 1.26. The zero-order valence-electron chi connectivity index (χ0n) is 3.96. The molecule has 0 aliphatic carbocycles. The van der Waals surface area contributed by atoms with Gasteiger partial charge in [-0.25, -0.2) is 4.98 Å². The van der Waals surface area contributed by atoms with Gasteiger partial charge in [-0.1, -0.05) is 0 Å². The van der Waals surface area contributed by atoms with Crippen molar-refractivity contribution < 1.29 is 0 Å². The smallest absolute Gasteiger partial charge is 0.217 e. The van der Waals surface area contributed by atoms with Crippen LogP contribution in [0.1, 0.15) is 5.69 Å². The molecule has 34 valence electrons. The maximum Gasteiger partial charge on any atom is 0.217 e. The molecule has 0 saturated heterocycles. The molecule has 1 rings (SSSR count). The molecule has 1 heterocycles. The summed E-state index contributed by atoms with van der Waals surface area (Å²) < 4.78 is 0. The number of aromatic nitrogens is 1. The largest absolute Gasteiger partial charge is 0.217 e. The molecule has 0 spiro atoms. The van der Waals surface area contributed by atoms with Gasteiger partial charge in [0.2, 0.25) is 5.69 Å². The Morgan fingerprint density at radius 3 is 2.57 bits per heavy atom. The lowest BCUT2D eigenvalue weighted by molar-refractivity contribution is 1.27. The van der Waals surface area contributed by atoms with Gasteiger partial charge in [-0.05, 0) is 6.07 Å². The molecule has 0 fully saturated rings. The molecule has 0 aromatic carbocycles.